The maximum atomic E-state index is 13.0. The lowest BCUT2D eigenvalue weighted by Gasteiger charge is -2.34. The van der Waals surface area contributed by atoms with Gasteiger partial charge in [0.2, 0.25) is 0 Å². The van der Waals surface area contributed by atoms with E-state index >= 15 is 0 Å². The molecule has 30 heavy (non-hydrogen) atoms. The summed E-state index contributed by atoms with van der Waals surface area (Å²) in [6.45, 7) is 6.01. The van der Waals surface area contributed by atoms with Crippen LogP contribution < -0.4 is 9.62 Å². The Hall–Kier alpha value is -1.82. The van der Waals surface area contributed by atoms with Gasteiger partial charge in [-0.3, -0.25) is 4.72 Å². The number of rotatable bonds is 6. The Morgan fingerprint density at radius 3 is 2.60 bits per heavy atom. The number of likely N-dealkylation sites (N-methyl/N-ethyl adjacent to an activating group) is 1. The largest absolute Gasteiger partial charge is 0.354 e. The molecule has 0 radical (unpaired) electrons. The quantitative estimate of drug-likeness (QED) is 0.574. The average Bonchev–Trinajstić information content (AvgIpc) is 3.12. The number of nitrogens with one attached hydrogen (secondary N) is 1. The second-order valence-electron chi connectivity index (χ2n) is 8.21. The molecule has 2 fully saturated rings. The molecular formula is C19H23F2N7S2. The molecule has 11 heteroatoms. The van der Waals surface area contributed by atoms with Crippen LogP contribution in [-0.4, -0.2) is 63.5 Å². The van der Waals surface area contributed by atoms with Crippen molar-refractivity contribution in [2.45, 2.75) is 36.6 Å². The van der Waals surface area contributed by atoms with Crippen LogP contribution in [0.2, 0.25) is 0 Å². The third kappa shape index (κ3) is 3.91. The van der Waals surface area contributed by atoms with Crippen molar-refractivity contribution in [2.24, 2.45) is 0 Å². The molecule has 0 bridgehead atoms. The highest BCUT2D eigenvalue weighted by molar-refractivity contribution is 7.97. The molecule has 4 heterocycles. The van der Waals surface area contributed by atoms with E-state index in [0.717, 1.165) is 59.3 Å². The molecule has 0 amide bonds. The molecule has 0 unspecified atom stereocenters. The summed E-state index contributed by atoms with van der Waals surface area (Å²) in [5.41, 5.74) is 1.78. The SMILES string of the molecule is CN1CCN(c2cc(SNC3(C)CC3)cc3c(-c4nnc(C(F)F)s4)cnn23)CC1. The van der Waals surface area contributed by atoms with Crippen molar-refractivity contribution in [1.82, 2.24) is 29.4 Å². The van der Waals surface area contributed by atoms with E-state index in [1.807, 2.05) is 4.52 Å². The molecule has 1 aliphatic carbocycles. The fourth-order valence-corrected chi connectivity index (χ4v) is 5.05. The van der Waals surface area contributed by atoms with E-state index in [4.69, 9.17) is 0 Å². The van der Waals surface area contributed by atoms with Gasteiger partial charge in [0.25, 0.3) is 6.43 Å². The summed E-state index contributed by atoms with van der Waals surface area (Å²) >= 11 is 2.54. The van der Waals surface area contributed by atoms with E-state index in [2.05, 4.69) is 55.9 Å². The minimum absolute atomic E-state index is 0.194. The maximum absolute atomic E-state index is 13.0. The number of nitrogens with zero attached hydrogens (tertiary/aromatic N) is 6. The van der Waals surface area contributed by atoms with E-state index in [1.165, 1.54) is 12.8 Å². The number of aromatic nitrogens is 4. The highest BCUT2D eigenvalue weighted by Crippen LogP contribution is 2.39. The van der Waals surface area contributed by atoms with E-state index in [-0.39, 0.29) is 10.5 Å². The van der Waals surface area contributed by atoms with E-state index < -0.39 is 6.43 Å². The first-order chi connectivity index (χ1) is 14.4. The monoisotopic (exact) mass is 451 g/mol. The van der Waals surface area contributed by atoms with Gasteiger partial charge < -0.3 is 9.80 Å². The molecule has 0 atom stereocenters. The summed E-state index contributed by atoms with van der Waals surface area (Å²) in [6.07, 6.45) is 1.43. The van der Waals surface area contributed by atoms with Gasteiger partial charge in [-0.1, -0.05) is 11.3 Å². The number of fused-ring (bicyclic) bond motifs is 1. The van der Waals surface area contributed by atoms with Gasteiger partial charge >= 0.3 is 0 Å². The first-order valence-corrected chi connectivity index (χ1v) is 11.6. The van der Waals surface area contributed by atoms with Crippen molar-refractivity contribution in [2.75, 3.05) is 38.1 Å². The zero-order chi connectivity index (χ0) is 20.9. The number of anilines is 1. The first-order valence-electron chi connectivity index (χ1n) is 9.93. The summed E-state index contributed by atoms with van der Waals surface area (Å²) in [6, 6.07) is 4.21. The Morgan fingerprint density at radius 2 is 1.93 bits per heavy atom. The predicted molar refractivity (Wildman–Crippen MR) is 115 cm³/mol. The highest BCUT2D eigenvalue weighted by Gasteiger charge is 2.37. The summed E-state index contributed by atoms with van der Waals surface area (Å²) in [7, 11) is 2.13. The van der Waals surface area contributed by atoms with Gasteiger partial charge in [0.05, 0.1) is 17.3 Å². The van der Waals surface area contributed by atoms with E-state index in [0.29, 0.717) is 5.01 Å². The van der Waals surface area contributed by atoms with Crippen LogP contribution in [0.5, 0.6) is 0 Å². The number of piperazine rings is 1. The van der Waals surface area contributed by atoms with Crippen molar-refractivity contribution in [3.8, 4) is 10.6 Å². The van der Waals surface area contributed by atoms with Crippen LogP contribution in [0.4, 0.5) is 14.6 Å². The van der Waals surface area contributed by atoms with Gasteiger partial charge in [-0.15, -0.1) is 10.2 Å². The van der Waals surface area contributed by atoms with Crippen LogP contribution in [0.25, 0.3) is 16.1 Å². The Balaban J connectivity index is 1.55. The van der Waals surface area contributed by atoms with Gasteiger partial charge in [-0.2, -0.15) is 5.10 Å². The van der Waals surface area contributed by atoms with Gasteiger partial charge in [0.1, 0.15) is 5.82 Å². The van der Waals surface area contributed by atoms with Crippen molar-refractivity contribution >= 4 is 34.6 Å². The Morgan fingerprint density at radius 1 is 1.17 bits per heavy atom. The van der Waals surface area contributed by atoms with Gasteiger partial charge in [0, 0.05) is 36.6 Å². The molecule has 5 rings (SSSR count). The topological polar surface area (TPSA) is 61.6 Å². The van der Waals surface area contributed by atoms with Crippen molar-refractivity contribution < 1.29 is 8.78 Å². The Labute approximate surface area is 181 Å². The van der Waals surface area contributed by atoms with Crippen LogP contribution in [0.3, 0.4) is 0 Å². The second-order valence-corrected chi connectivity index (χ2v) is 10.1. The van der Waals surface area contributed by atoms with Crippen molar-refractivity contribution in [1.29, 1.82) is 0 Å². The van der Waals surface area contributed by atoms with E-state index in [9.17, 15) is 8.78 Å². The lowest BCUT2D eigenvalue weighted by molar-refractivity contribution is 0.150. The Bertz CT molecular complexity index is 1050. The molecule has 3 aromatic rings. The Kier molecular flexibility index (Phi) is 5.16. The summed E-state index contributed by atoms with van der Waals surface area (Å²) in [5, 5.41) is 12.4. The number of halogens is 2. The minimum atomic E-state index is -2.62. The van der Waals surface area contributed by atoms with Crippen LogP contribution in [-0.2, 0) is 0 Å². The number of hydrogen-bond donors (Lipinski definition) is 1. The van der Waals surface area contributed by atoms with Crippen LogP contribution in [0.1, 0.15) is 31.2 Å². The lowest BCUT2D eigenvalue weighted by atomic mass is 10.2. The van der Waals surface area contributed by atoms with Crippen LogP contribution in [0, 0.1) is 0 Å². The molecule has 1 N–H and O–H groups in total. The van der Waals surface area contributed by atoms with Crippen molar-refractivity contribution in [3.05, 3.63) is 23.3 Å². The molecule has 0 aromatic carbocycles. The third-order valence-corrected chi connectivity index (χ3v) is 7.70. The fraction of sp³-hybridized carbons (Fsp3) is 0.526. The standard InChI is InChI=1S/C19H23F2N7S2/c1-19(3-4-19)25-30-12-9-14-13(17-23-24-18(29-17)16(20)21)11-22-28(14)15(10-12)27-7-5-26(2)6-8-27/h9-11,16,25H,3-8H2,1-2H3. The highest BCUT2D eigenvalue weighted by atomic mass is 32.2. The molecule has 1 saturated heterocycles. The molecular weight excluding hydrogens is 428 g/mol. The van der Waals surface area contributed by atoms with E-state index in [1.54, 1.807) is 18.1 Å². The maximum Gasteiger partial charge on any atom is 0.291 e. The summed E-state index contributed by atoms with van der Waals surface area (Å²) < 4.78 is 31.5. The van der Waals surface area contributed by atoms with Crippen LogP contribution >= 0.6 is 23.3 Å². The molecule has 7 nitrogen and oxygen atoms in total. The molecule has 3 aromatic heterocycles. The number of pyridine rings is 1. The van der Waals surface area contributed by atoms with Crippen LogP contribution in [0.15, 0.2) is 23.2 Å². The zero-order valence-corrected chi connectivity index (χ0v) is 18.4. The predicted octanol–water partition coefficient (Wildman–Crippen LogP) is 3.69. The molecule has 1 saturated carbocycles. The van der Waals surface area contributed by atoms with Gasteiger partial charge in [-0.05, 0) is 50.9 Å². The molecule has 2 aliphatic rings. The molecule has 160 valence electrons. The number of alkyl halides is 2. The third-order valence-electron chi connectivity index (χ3n) is 5.67. The van der Waals surface area contributed by atoms with Gasteiger partial charge in [-0.25, -0.2) is 13.3 Å². The summed E-state index contributed by atoms with van der Waals surface area (Å²) in [5.74, 6) is 1.01. The smallest absolute Gasteiger partial charge is 0.291 e. The normalized spacial score (nSPS) is 19.2. The minimum Gasteiger partial charge on any atom is -0.354 e. The lowest BCUT2D eigenvalue weighted by Crippen LogP contribution is -2.45. The second kappa shape index (κ2) is 7.70. The zero-order valence-electron chi connectivity index (χ0n) is 16.8. The van der Waals surface area contributed by atoms with Crippen molar-refractivity contribution in [3.63, 3.8) is 0 Å². The molecule has 0 spiro atoms. The molecule has 1 aliphatic heterocycles. The number of hydrogen-bond acceptors (Lipinski definition) is 8. The van der Waals surface area contributed by atoms with Gasteiger partial charge in [0.15, 0.2) is 10.0 Å². The fourth-order valence-electron chi connectivity index (χ4n) is 3.43. The average molecular weight is 452 g/mol. The first kappa shape index (κ1) is 20.1. The summed E-state index contributed by atoms with van der Waals surface area (Å²) in [4.78, 5) is 5.71.